The van der Waals surface area contributed by atoms with Crippen LogP contribution >= 0.6 is 0 Å². The van der Waals surface area contributed by atoms with Crippen molar-refractivity contribution in [1.82, 2.24) is 0 Å². The molecule has 4 unspecified atom stereocenters. The lowest BCUT2D eigenvalue weighted by Gasteiger charge is -2.36. The third-order valence-electron chi connectivity index (χ3n) is 6.08. The fourth-order valence-corrected chi connectivity index (χ4v) is 5.49. The van der Waals surface area contributed by atoms with Gasteiger partial charge < -0.3 is 9.47 Å². The molecule has 0 heterocycles. The van der Waals surface area contributed by atoms with Gasteiger partial charge in [0, 0.05) is 0 Å². The van der Waals surface area contributed by atoms with Gasteiger partial charge in [-0.3, -0.25) is 18.7 Å². The molecule has 12 heteroatoms. The highest BCUT2D eigenvalue weighted by Gasteiger charge is 2.31. The molecule has 0 aromatic carbocycles. The molecular weight excluding hydrogens is 452 g/mol. The van der Waals surface area contributed by atoms with E-state index >= 15 is 0 Å². The fraction of sp³-hybridized carbons (Fsp3) is 0.895. The molecule has 2 saturated carbocycles. The maximum absolute atomic E-state index is 11.7. The van der Waals surface area contributed by atoms with Gasteiger partial charge in [-0.2, -0.15) is 16.8 Å². The minimum absolute atomic E-state index is 0.132. The molecule has 0 spiro atoms. The minimum atomic E-state index is -4.40. The SMILES string of the molecule is O=C(CS(=O)(=O)O)OCC1CCCC(C2CCCCC(OC(=O)CS(=O)(=O)O)CC2)C1. The molecule has 180 valence electrons. The molecule has 31 heavy (non-hydrogen) atoms. The Morgan fingerprint density at radius 1 is 0.742 bits per heavy atom. The van der Waals surface area contributed by atoms with Crippen LogP contribution in [-0.4, -0.2) is 62.1 Å². The molecular formula is C19H32O10S2. The van der Waals surface area contributed by atoms with Crippen molar-refractivity contribution in [2.24, 2.45) is 17.8 Å². The van der Waals surface area contributed by atoms with Crippen molar-refractivity contribution >= 4 is 32.2 Å². The Hall–Kier alpha value is -1.24. The zero-order valence-corrected chi connectivity index (χ0v) is 19.1. The van der Waals surface area contributed by atoms with E-state index in [1.54, 1.807) is 0 Å². The van der Waals surface area contributed by atoms with E-state index in [1.165, 1.54) is 0 Å². The normalized spacial score (nSPS) is 28.2. The van der Waals surface area contributed by atoms with Crippen molar-refractivity contribution < 1.29 is 45.0 Å². The van der Waals surface area contributed by atoms with Gasteiger partial charge in [-0.1, -0.05) is 25.7 Å². The molecule has 0 aliphatic heterocycles. The first-order valence-electron chi connectivity index (χ1n) is 10.7. The summed E-state index contributed by atoms with van der Waals surface area (Å²) in [5.74, 6) is -2.99. The molecule has 2 aliphatic carbocycles. The molecule has 0 saturated heterocycles. The van der Waals surface area contributed by atoms with Crippen LogP contribution in [0, 0.1) is 17.8 Å². The third kappa shape index (κ3) is 10.8. The quantitative estimate of drug-likeness (QED) is 0.385. The smallest absolute Gasteiger partial charge is 0.323 e. The van der Waals surface area contributed by atoms with Crippen molar-refractivity contribution in [3.63, 3.8) is 0 Å². The first-order valence-corrected chi connectivity index (χ1v) is 13.9. The number of hydrogen-bond acceptors (Lipinski definition) is 8. The zero-order chi connectivity index (χ0) is 23.1. The third-order valence-corrected chi connectivity index (χ3v) is 7.28. The maximum Gasteiger partial charge on any atom is 0.323 e. The van der Waals surface area contributed by atoms with Gasteiger partial charge in [0.05, 0.1) is 6.61 Å². The van der Waals surface area contributed by atoms with Gasteiger partial charge in [-0.15, -0.1) is 0 Å². The van der Waals surface area contributed by atoms with Crippen LogP contribution in [0.25, 0.3) is 0 Å². The summed E-state index contributed by atoms with van der Waals surface area (Å²) >= 11 is 0. The van der Waals surface area contributed by atoms with E-state index in [9.17, 15) is 26.4 Å². The molecule has 0 aromatic rings. The number of ether oxygens (including phenoxy) is 2. The molecule has 0 bridgehead atoms. The Bertz CT molecular complexity index is 821. The number of rotatable bonds is 8. The Balaban J connectivity index is 1.83. The molecule has 2 fully saturated rings. The lowest BCUT2D eigenvalue weighted by molar-refractivity contribution is -0.147. The van der Waals surface area contributed by atoms with Crippen molar-refractivity contribution in [1.29, 1.82) is 0 Å². The van der Waals surface area contributed by atoms with Crippen molar-refractivity contribution in [3.8, 4) is 0 Å². The summed E-state index contributed by atoms with van der Waals surface area (Å²) in [6, 6.07) is 0. The summed E-state index contributed by atoms with van der Waals surface area (Å²) in [7, 11) is -8.80. The number of esters is 2. The van der Waals surface area contributed by atoms with Crippen molar-refractivity contribution in [3.05, 3.63) is 0 Å². The van der Waals surface area contributed by atoms with Gasteiger partial charge in [0.15, 0.2) is 11.5 Å². The van der Waals surface area contributed by atoms with E-state index in [-0.39, 0.29) is 18.6 Å². The van der Waals surface area contributed by atoms with Crippen molar-refractivity contribution in [2.45, 2.75) is 70.3 Å². The molecule has 0 aromatic heterocycles. The van der Waals surface area contributed by atoms with E-state index in [2.05, 4.69) is 0 Å². The van der Waals surface area contributed by atoms with Gasteiger partial charge in [0.1, 0.15) is 6.10 Å². The summed E-state index contributed by atoms with van der Waals surface area (Å²) in [6.45, 7) is 0.132. The molecule has 4 atom stereocenters. The number of carbonyl (C=O) groups is 2. The number of hydrogen-bond donors (Lipinski definition) is 2. The largest absolute Gasteiger partial charge is 0.465 e. The lowest BCUT2D eigenvalue weighted by Crippen LogP contribution is -2.30. The zero-order valence-electron chi connectivity index (χ0n) is 17.5. The first-order chi connectivity index (χ1) is 14.4. The van der Waals surface area contributed by atoms with Gasteiger partial charge >= 0.3 is 11.9 Å². The second-order valence-corrected chi connectivity index (χ2v) is 11.6. The second-order valence-electron chi connectivity index (χ2n) is 8.66. The van der Waals surface area contributed by atoms with E-state index in [0.717, 1.165) is 51.4 Å². The molecule has 0 amide bonds. The van der Waals surface area contributed by atoms with Crippen LogP contribution in [0.15, 0.2) is 0 Å². The standard InChI is InChI=1S/C19H32O10S2/c20-18(12-30(22,23)24)28-11-14-4-3-6-16(10-14)15-5-1-2-7-17(9-8-15)29-19(21)13-31(25,26)27/h14-17H,1-13H2,(H,22,23,24)(H,25,26,27). The summed E-state index contributed by atoms with van der Waals surface area (Å²) in [6.07, 6.45) is 8.43. The summed E-state index contributed by atoms with van der Waals surface area (Å²) in [5.41, 5.74) is 0. The van der Waals surface area contributed by atoms with Crippen LogP contribution in [0.4, 0.5) is 0 Å². The molecule has 2 aliphatic rings. The predicted octanol–water partition coefficient (Wildman–Crippen LogP) is 1.99. The highest BCUT2D eigenvalue weighted by Crippen LogP contribution is 2.39. The average Bonchev–Trinajstić information content (AvgIpc) is 2.60. The Labute approximate surface area is 183 Å². The molecule has 2 N–H and O–H groups in total. The van der Waals surface area contributed by atoms with Gasteiger partial charge in [0.2, 0.25) is 0 Å². The summed E-state index contributed by atoms with van der Waals surface area (Å²) in [4.78, 5) is 23.2. The maximum atomic E-state index is 11.7. The average molecular weight is 485 g/mol. The van der Waals surface area contributed by atoms with Crippen LogP contribution in [-0.2, 0) is 39.3 Å². The van der Waals surface area contributed by atoms with Gasteiger partial charge in [-0.05, 0) is 56.3 Å². The van der Waals surface area contributed by atoms with Crippen LogP contribution in [0.3, 0.4) is 0 Å². The second kappa shape index (κ2) is 11.6. The summed E-state index contributed by atoms with van der Waals surface area (Å²) < 4.78 is 71.0. The molecule has 10 nitrogen and oxygen atoms in total. The minimum Gasteiger partial charge on any atom is -0.465 e. The van der Waals surface area contributed by atoms with Crippen LogP contribution < -0.4 is 0 Å². The van der Waals surface area contributed by atoms with Crippen LogP contribution in [0.1, 0.15) is 64.2 Å². The highest BCUT2D eigenvalue weighted by molar-refractivity contribution is 7.86. The molecule has 2 rings (SSSR count). The van der Waals surface area contributed by atoms with E-state index in [0.29, 0.717) is 24.7 Å². The number of carbonyl (C=O) groups excluding carboxylic acids is 2. The van der Waals surface area contributed by atoms with Crippen LogP contribution in [0.2, 0.25) is 0 Å². The monoisotopic (exact) mass is 484 g/mol. The van der Waals surface area contributed by atoms with E-state index < -0.39 is 43.7 Å². The van der Waals surface area contributed by atoms with Crippen molar-refractivity contribution in [2.75, 3.05) is 18.1 Å². The van der Waals surface area contributed by atoms with E-state index in [1.807, 2.05) is 0 Å². The van der Waals surface area contributed by atoms with Crippen LogP contribution in [0.5, 0.6) is 0 Å². The predicted molar refractivity (Wildman–Crippen MR) is 110 cm³/mol. The fourth-order valence-electron chi connectivity index (χ4n) is 4.74. The van der Waals surface area contributed by atoms with E-state index in [4.69, 9.17) is 18.6 Å². The first kappa shape index (κ1) is 26.0. The molecule has 0 radical (unpaired) electrons. The van der Waals surface area contributed by atoms with Gasteiger partial charge in [-0.25, -0.2) is 0 Å². The van der Waals surface area contributed by atoms with Gasteiger partial charge in [0.25, 0.3) is 20.2 Å². The Kier molecular flexibility index (Phi) is 9.71. The highest BCUT2D eigenvalue weighted by atomic mass is 32.2. The Morgan fingerprint density at radius 2 is 1.35 bits per heavy atom. The Morgan fingerprint density at radius 3 is 2.03 bits per heavy atom. The lowest BCUT2D eigenvalue weighted by atomic mass is 9.71. The topological polar surface area (TPSA) is 161 Å². The summed E-state index contributed by atoms with van der Waals surface area (Å²) in [5, 5.41) is 0.